The standard InChI is InChI=1S/C40H49F3N6O3Si2/c1-29(40(41,42)43)45-38-46-36-35(33(27-49(36)28-50-24-25-53(5,6)7)30-18-19-34-44-20-21-48(34)26-30)37(47-38)51-22-23-52-54(39(2,3)4,31-14-10-8-11-15-31)32-16-12-9-13-17-32/h8-21,26-27,29H,22-25,28H2,1-7H3,(H,45,46,47)/t29-/m1/s1. The highest BCUT2D eigenvalue weighted by molar-refractivity contribution is 6.99. The van der Waals surface area contributed by atoms with Crippen LogP contribution in [0.3, 0.4) is 0 Å². The van der Waals surface area contributed by atoms with Crippen molar-refractivity contribution >= 4 is 49.4 Å². The molecular formula is C40H49F3N6O3Si2. The van der Waals surface area contributed by atoms with Crippen LogP contribution in [0.15, 0.2) is 97.6 Å². The van der Waals surface area contributed by atoms with Gasteiger partial charge in [-0.25, -0.2) is 4.98 Å². The highest BCUT2D eigenvalue weighted by atomic mass is 28.4. The molecule has 4 heterocycles. The van der Waals surface area contributed by atoms with Crippen molar-refractivity contribution in [3.63, 3.8) is 0 Å². The Hall–Kier alpha value is -4.51. The third kappa shape index (κ3) is 8.56. The molecule has 0 saturated heterocycles. The molecule has 0 bridgehead atoms. The molecule has 1 N–H and O–H groups in total. The van der Waals surface area contributed by atoms with Crippen molar-refractivity contribution in [2.75, 3.05) is 25.1 Å². The summed E-state index contributed by atoms with van der Waals surface area (Å²) in [6, 6.07) is 23.5. The van der Waals surface area contributed by atoms with E-state index >= 15 is 0 Å². The van der Waals surface area contributed by atoms with Crippen LogP contribution in [0.5, 0.6) is 5.88 Å². The van der Waals surface area contributed by atoms with Crippen LogP contribution < -0.4 is 20.4 Å². The van der Waals surface area contributed by atoms with E-state index in [1.807, 2.05) is 76.1 Å². The number of fused-ring (bicyclic) bond motifs is 2. The van der Waals surface area contributed by atoms with Gasteiger partial charge in [0.1, 0.15) is 25.0 Å². The molecule has 0 saturated carbocycles. The number of aromatic nitrogens is 5. The van der Waals surface area contributed by atoms with Crippen molar-refractivity contribution in [2.45, 2.75) is 77.4 Å². The molecule has 14 heteroatoms. The molecule has 4 aromatic heterocycles. The zero-order valence-electron chi connectivity index (χ0n) is 31.9. The highest BCUT2D eigenvalue weighted by Gasteiger charge is 2.50. The zero-order valence-corrected chi connectivity index (χ0v) is 33.9. The van der Waals surface area contributed by atoms with Gasteiger partial charge in [-0.3, -0.25) is 0 Å². The molecule has 0 fully saturated rings. The van der Waals surface area contributed by atoms with Gasteiger partial charge < -0.3 is 28.2 Å². The number of benzene rings is 2. The first-order valence-corrected chi connectivity index (χ1v) is 23.8. The maximum atomic E-state index is 13.8. The second kappa shape index (κ2) is 15.7. The van der Waals surface area contributed by atoms with Crippen LogP contribution in [0, 0.1) is 0 Å². The van der Waals surface area contributed by atoms with E-state index in [4.69, 9.17) is 13.9 Å². The number of rotatable bonds is 15. The molecule has 0 spiro atoms. The van der Waals surface area contributed by atoms with Gasteiger partial charge in [0.05, 0.1) is 12.0 Å². The molecule has 0 amide bonds. The average Bonchev–Trinajstić information content (AvgIpc) is 3.74. The van der Waals surface area contributed by atoms with Gasteiger partial charge in [-0.2, -0.15) is 23.1 Å². The molecule has 6 rings (SSSR count). The zero-order chi connectivity index (χ0) is 38.7. The van der Waals surface area contributed by atoms with Crippen molar-refractivity contribution < 1.29 is 27.1 Å². The number of pyridine rings is 1. The van der Waals surface area contributed by atoms with Crippen molar-refractivity contribution in [2.24, 2.45) is 0 Å². The molecule has 1 atom stereocenters. The highest BCUT2D eigenvalue weighted by Crippen LogP contribution is 2.39. The van der Waals surface area contributed by atoms with Crippen molar-refractivity contribution in [1.29, 1.82) is 0 Å². The lowest BCUT2D eigenvalue weighted by Gasteiger charge is -2.43. The second-order valence-corrected chi connectivity index (χ2v) is 25.7. The maximum absolute atomic E-state index is 13.8. The summed E-state index contributed by atoms with van der Waals surface area (Å²) in [4.78, 5) is 13.6. The molecule has 54 heavy (non-hydrogen) atoms. The fourth-order valence-corrected chi connectivity index (χ4v) is 11.9. The van der Waals surface area contributed by atoms with Crippen LogP contribution in [0.1, 0.15) is 27.7 Å². The summed E-state index contributed by atoms with van der Waals surface area (Å²) in [5.74, 6) is -0.0576. The van der Waals surface area contributed by atoms with Crippen molar-refractivity contribution in [3.8, 4) is 17.0 Å². The Labute approximate surface area is 316 Å². The lowest BCUT2D eigenvalue weighted by Crippen LogP contribution is -2.66. The van der Waals surface area contributed by atoms with E-state index in [9.17, 15) is 13.2 Å². The molecule has 0 aliphatic rings. The normalized spacial score (nSPS) is 13.4. The Morgan fingerprint density at radius 1 is 0.833 bits per heavy atom. The fraction of sp³-hybridized carbons (Fsp3) is 0.375. The number of anilines is 1. The van der Waals surface area contributed by atoms with Gasteiger partial charge in [-0.15, -0.1) is 0 Å². The maximum Gasteiger partial charge on any atom is 0.408 e. The van der Waals surface area contributed by atoms with Gasteiger partial charge in [-0.1, -0.05) is 101 Å². The molecule has 0 unspecified atom stereocenters. The number of nitrogens with zero attached hydrogens (tertiary/aromatic N) is 5. The first-order valence-electron chi connectivity index (χ1n) is 18.2. The topological polar surface area (TPSA) is 87.7 Å². The molecule has 9 nitrogen and oxygen atoms in total. The molecule has 2 aromatic carbocycles. The third-order valence-corrected chi connectivity index (χ3v) is 16.3. The lowest BCUT2D eigenvalue weighted by atomic mass is 10.1. The van der Waals surface area contributed by atoms with Gasteiger partial charge in [0.15, 0.2) is 5.65 Å². The average molecular weight is 775 g/mol. The molecular weight excluding hydrogens is 726 g/mol. The van der Waals surface area contributed by atoms with Gasteiger partial charge in [0.25, 0.3) is 8.32 Å². The molecule has 0 radical (unpaired) electrons. The first-order chi connectivity index (χ1) is 25.6. The summed E-state index contributed by atoms with van der Waals surface area (Å²) in [6.45, 7) is 15.5. The molecule has 286 valence electrons. The largest absolute Gasteiger partial charge is 0.475 e. The summed E-state index contributed by atoms with van der Waals surface area (Å²) in [7, 11) is -4.25. The Kier molecular flexibility index (Phi) is 11.4. The van der Waals surface area contributed by atoms with Crippen LogP contribution in [0.4, 0.5) is 19.1 Å². The number of hydrogen-bond donors (Lipinski definition) is 1. The summed E-state index contributed by atoms with van der Waals surface area (Å²) >= 11 is 0. The van der Waals surface area contributed by atoms with Gasteiger partial charge in [0, 0.05) is 50.6 Å². The molecule has 0 aliphatic carbocycles. The number of ether oxygens (including phenoxy) is 2. The lowest BCUT2D eigenvalue weighted by molar-refractivity contribution is -0.138. The number of nitrogens with one attached hydrogen (secondary N) is 1. The second-order valence-electron chi connectivity index (χ2n) is 15.8. The van der Waals surface area contributed by atoms with E-state index in [2.05, 4.69) is 84.9 Å². The van der Waals surface area contributed by atoms with Crippen LogP contribution >= 0.6 is 0 Å². The first kappa shape index (κ1) is 39.2. The predicted molar refractivity (Wildman–Crippen MR) is 214 cm³/mol. The number of imidazole rings is 1. The van der Waals surface area contributed by atoms with Crippen LogP contribution in [-0.2, 0) is 15.9 Å². The Morgan fingerprint density at radius 2 is 1.50 bits per heavy atom. The third-order valence-electron chi connectivity index (χ3n) is 9.50. The minimum atomic E-state index is -4.52. The van der Waals surface area contributed by atoms with Gasteiger partial charge in [0.2, 0.25) is 11.8 Å². The van der Waals surface area contributed by atoms with E-state index in [-0.39, 0.29) is 36.8 Å². The SMILES string of the molecule is C[C@@H](Nc1nc(OCCO[Si](c2ccccc2)(c2ccccc2)C(C)(C)C)c2c(-c3ccc4nccn4c3)cn(COCC[Si](C)(C)C)c2n1)C(F)(F)F. The summed E-state index contributed by atoms with van der Waals surface area (Å²) in [6.07, 6.45) is 2.90. The summed E-state index contributed by atoms with van der Waals surface area (Å²) in [5.41, 5.74) is 2.73. The van der Waals surface area contributed by atoms with Gasteiger partial charge in [-0.05, 0) is 40.5 Å². The van der Waals surface area contributed by atoms with E-state index in [0.29, 0.717) is 17.6 Å². The van der Waals surface area contributed by atoms with E-state index in [1.165, 1.54) is 0 Å². The monoisotopic (exact) mass is 774 g/mol. The Balaban J connectivity index is 1.41. The molecule has 0 aliphatic heterocycles. The number of halogens is 3. The van der Waals surface area contributed by atoms with Crippen LogP contribution in [0.2, 0.25) is 30.7 Å². The minimum Gasteiger partial charge on any atom is -0.475 e. The quantitative estimate of drug-likeness (QED) is 0.0829. The van der Waals surface area contributed by atoms with Crippen molar-refractivity contribution in [3.05, 3.63) is 97.6 Å². The minimum absolute atomic E-state index is 0.0861. The summed E-state index contributed by atoms with van der Waals surface area (Å²) in [5, 5.41) is 5.02. The van der Waals surface area contributed by atoms with Crippen LogP contribution in [-0.4, -0.2) is 72.3 Å². The fourth-order valence-electron chi connectivity index (χ4n) is 6.63. The van der Waals surface area contributed by atoms with Gasteiger partial charge >= 0.3 is 6.18 Å². The number of hydrogen-bond acceptors (Lipinski definition) is 7. The Bertz CT molecular complexity index is 2120. The van der Waals surface area contributed by atoms with Crippen LogP contribution in [0.25, 0.3) is 27.8 Å². The van der Waals surface area contributed by atoms with Crippen molar-refractivity contribution in [1.82, 2.24) is 23.9 Å². The van der Waals surface area contributed by atoms with E-state index in [1.54, 1.807) is 6.20 Å². The molecule has 6 aromatic rings. The number of alkyl halides is 3. The summed E-state index contributed by atoms with van der Waals surface area (Å²) < 4.78 is 64.8. The van der Waals surface area contributed by atoms with E-state index in [0.717, 1.165) is 40.1 Å². The van der Waals surface area contributed by atoms with E-state index < -0.39 is 28.6 Å². The Morgan fingerprint density at radius 3 is 2.11 bits per heavy atom. The smallest absolute Gasteiger partial charge is 0.408 e. The predicted octanol–water partition coefficient (Wildman–Crippen LogP) is 8.38.